The molecular weight excluding hydrogens is 244 g/mol. The van der Waals surface area contributed by atoms with Crippen molar-refractivity contribution in [2.75, 3.05) is 6.61 Å². The van der Waals surface area contributed by atoms with E-state index < -0.39 is 0 Å². The maximum Gasteiger partial charge on any atom is 0.336 e. The second-order valence-corrected chi connectivity index (χ2v) is 5.76. The highest BCUT2D eigenvalue weighted by atomic mass is 28.1. The molecule has 0 N–H and O–H groups in total. The summed E-state index contributed by atoms with van der Waals surface area (Å²) in [4.78, 5) is 10.7. The van der Waals surface area contributed by atoms with E-state index in [4.69, 9.17) is 9.15 Å². The highest BCUT2D eigenvalue weighted by molar-refractivity contribution is 6.11. The van der Waals surface area contributed by atoms with Crippen molar-refractivity contribution in [3.05, 3.63) is 46.8 Å². The van der Waals surface area contributed by atoms with Gasteiger partial charge in [-0.3, -0.25) is 0 Å². The van der Waals surface area contributed by atoms with Gasteiger partial charge in [-0.2, -0.15) is 0 Å². The number of hydrogen-bond acceptors (Lipinski definition) is 3. The largest absolute Gasteiger partial charge is 0.423 e. The minimum atomic E-state index is -0.302. The van der Waals surface area contributed by atoms with Gasteiger partial charge in [0.25, 0.3) is 0 Å². The maximum atomic E-state index is 10.7. The van der Waals surface area contributed by atoms with Crippen molar-refractivity contribution in [2.24, 2.45) is 0 Å². The number of benzene rings is 1. The minimum Gasteiger partial charge on any atom is -0.423 e. The molecule has 96 valence electrons. The highest BCUT2D eigenvalue weighted by Gasteiger charge is 2.05. The van der Waals surface area contributed by atoms with Crippen LogP contribution in [0.3, 0.4) is 0 Å². The molecule has 0 saturated carbocycles. The van der Waals surface area contributed by atoms with Crippen LogP contribution in [0.5, 0.6) is 0 Å². The average molecular weight is 262 g/mol. The van der Waals surface area contributed by atoms with Crippen LogP contribution in [-0.2, 0) is 4.74 Å². The van der Waals surface area contributed by atoms with Crippen LogP contribution in [0.15, 0.2) is 45.6 Å². The van der Waals surface area contributed by atoms with E-state index >= 15 is 0 Å². The van der Waals surface area contributed by atoms with Gasteiger partial charge in [0.2, 0.25) is 0 Å². The van der Waals surface area contributed by atoms with Crippen LogP contribution < -0.4 is 5.63 Å². The Kier molecular flexibility index (Phi) is 4.72. The van der Waals surface area contributed by atoms with Crippen molar-refractivity contribution in [3.63, 3.8) is 0 Å². The Hall–Kier alpha value is -1.39. The Morgan fingerprint density at radius 1 is 1.11 bits per heavy atom. The predicted octanol–water partition coefficient (Wildman–Crippen LogP) is 1.67. The molecule has 0 radical (unpaired) electrons. The summed E-state index contributed by atoms with van der Waals surface area (Å²) in [5, 5.41) is 0.951. The predicted molar refractivity (Wildman–Crippen MR) is 76.0 cm³/mol. The zero-order valence-electron chi connectivity index (χ0n) is 10.6. The van der Waals surface area contributed by atoms with Gasteiger partial charge in [-0.05, 0) is 31.4 Å². The lowest BCUT2D eigenvalue weighted by Gasteiger charge is -2.17. The van der Waals surface area contributed by atoms with Crippen molar-refractivity contribution >= 4 is 21.2 Å². The smallest absolute Gasteiger partial charge is 0.336 e. The van der Waals surface area contributed by atoms with Gasteiger partial charge in [-0.1, -0.05) is 18.2 Å². The monoisotopic (exact) mass is 262 g/mol. The third-order valence-corrected chi connectivity index (χ3v) is 3.85. The number of ether oxygens (including phenoxy) is 1. The molecule has 2 aromatic rings. The molecule has 0 amide bonds. The summed E-state index contributed by atoms with van der Waals surface area (Å²) in [5.74, 6) is 0. The van der Waals surface area contributed by atoms with E-state index in [-0.39, 0.29) is 5.63 Å². The number of para-hydroxylation sites is 1. The third-order valence-electron chi connectivity index (χ3n) is 2.94. The molecule has 1 atom stereocenters. The van der Waals surface area contributed by atoms with Crippen LogP contribution in [-0.4, -0.2) is 22.6 Å². The molecule has 4 heteroatoms. The summed E-state index contributed by atoms with van der Waals surface area (Å²) < 4.78 is 10.2. The van der Waals surface area contributed by atoms with E-state index in [9.17, 15) is 4.79 Å². The molecule has 2 heterocycles. The highest BCUT2D eigenvalue weighted by Crippen LogP contribution is 2.09. The van der Waals surface area contributed by atoms with Gasteiger partial charge in [0.1, 0.15) is 5.58 Å². The molecule has 0 bridgehead atoms. The van der Waals surface area contributed by atoms with Crippen LogP contribution in [0.1, 0.15) is 19.3 Å². The molecule has 1 saturated heterocycles. The molecule has 3 rings (SSSR count). The first-order chi connectivity index (χ1) is 8.75. The van der Waals surface area contributed by atoms with E-state index in [1.807, 2.05) is 18.2 Å². The zero-order valence-corrected chi connectivity index (χ0v) is 12.6. The fraction of sp³-hybridized carbons (Fsp3) is 0.357. The van der Waals surface area contributed by atoms with Crippen LogP contribution in [0, 0.1) is 0 Å². The molecule has 1 aromatic carbocycles. The minimum absolute atomic E-state index is 0.302. The second-order valence-electron chi connectivity index (χ2n) is 4.47. The van der Waals surface area contributed by atoms with Crippen molar-refractivity contribution in [2.45, 2.75) is 25.0 Å². The summed E-state index contributed by atoms with van der Waals surface area (Å²) in [6.45, 7) is 1.02. The Morgan fingerprint density at radius 3 is 2.61 bits per heavy atom. The SMILES string of the molecule is O=c1ccc2ccccc2o1.[SiH3]C1CCCCO1. The Balaban J connectivity index is 0.000000149. The van der Waals surface area contributed by atoms with Gasteiger partial charge in [0, 0.05) is 34.0 Å². The molecule has 0 spiro atoms. The summed E-state index contributed by atoms with van der Waals surface area (Å²) in [6, 6.07) is 10.6. The average Bonchev–Trinajstić information content (AvgIpc) is 2.40. The first kappa shape index (κ1) is 13.0. The van der Waals surface area contributed by atoms with Crippen LogP contribution in [0.25, 0.3) is 11.0 Å². The number of rotatable bonds is 0. The standard InChI is InChI=1S/C9H6O2.C5H12OSi/c10-9-6-5-7-3-1-2-4-8(7)11-9;7-5-3-1-2-4-6-5/h1-6H;5H,1-4H2,7H3. The van der Waals surface area contributed by atoms with E-state index in [1.54, 1.807) is 12.1 Å². The van der Waals surface area contributed by atoms with Crippen molar-refractivity contribution in [1.82, 2.24) is 0 Å². The van der Waals surface area contributed by atoms with Crippen LogP contribution in [0.2, 0.25) is 0 Å². The molecule has 0 aliphatic carbocycles. The fourth-order valence-corrected chi connectivity index (χ4v) is 2.56. The zero-order chi connectivity index (χ0) is 12.8. The van der Waals surface area contributed by atoms with Gasteiger partial charge in [-0.15, -0.1) is 0 Å². The summed E-state index contributed by atoms with van der Waals surface area (Å²) in [7, 11) is 1.23. The Labute approximate surface area is 109 Å². The summed E-state index contributed by atoms with van der Waals surface area (Å²) >= 11 is 0. The first-order valence-corrected chi connectivity index (χ1v) is 7.52. The second kappa shape index (κ2) is 6.52. The Morgan fingerprint density at radius 2 is 1.94 bits per heavy atom. The molecule has 1 aromatic heterocycles. The quantitative estimate of drug-likeness (QED) is 0.535. The lowest BCUT2D eigenvalue weighted by Crippen LogP contribution is -2.18. The Bertz CT molecular complexity index is 544. The van der Waals surface area contributed by atoms with Gasteiger partial charge in [0.15, 0.2) is 0 Å². The normalized spacial score (nSPS) is 19.2. The molecule has 1 unspecified atom stereocenters. The van der Waals surface area contributed by atoms with E-state index in [1.165, 1.54) is 35.6 Å². The molecule has 1 fully saturated rings. The fourth-order valence-electron chi connectivity index (χ4n) is 1.91. The van der Waals surface area contributed by atoms with Crippen molar-refractivity contribution < 1.29 is 9.15 Å². The van der Waals surface area contributed by atoms with Crippen LogP contribution in [0.4, 0.5) is 0 Å². The van der Waals surface area contributed by atoms with Gasteiger partial charge in [-0.25, -0.2) is 4.79 Å². The van der Waals surface area contributed by atoms with Gasteiger partial charge < -0.3 is 9.15 Å². The topological polar surface area (TPSA) is 39.4 Å². The van der Waals surface area contributed by atoms with Crippen molar-refractivity contribution in [3.8, 4) is 0 Å². The van der Waals surface area contributed by atoms with E-state index in [0.29, 0.717) is 11.3 Å². The van der Waals surface area contributed by atoms with Gasteiger partial charge in [0.05, 0.1) is 0 Å². The molecule has 3 nitrogen and oxygen atoms in total. The summed E-state index contributed by atoms with van der Waals surface area (Å²) in [6.07, 6.45) is 4.01. The number of hydrogen-bond donors (Lipinski definition) is 0. The summed E-state index contributed by atoms with van der Waals surface area (Å²) in [5.41, 5.74) is 1.01. The number of fused-ring (bicyclic) bond motifs is 1. The first-order valence-electron chi connectivity index (χ1n) is 6.36. The molecule has 18 heavy (non-hydrogen) atoms. The lowest BCUT2D eigenvalue weighted by atomic mass is 10.2. The van der Waals surface area contributed by atoms with Gasteiger partial charge >= 0.3 is 5.63 Å². The molecule has 1 aliphatic rings. The lowest BCUT2D eigenvalue weighted by molar-refractivity contribution is 0.0675. The molecule has 1 aliphatic heterocycles. The van der Waals surface area contributed by atoms with E-state index in [0.717, 1.165) is 12.0 Å². The maximum absolute atomic E-state index is 10.7. The molecular formula is C14H18O3Si. The third kappa shape index (κ3) is 3.82. The van der Waals surface area contributed by atoms with Crippen LogP contribution >= 0.6 is 0 Å². The van der Waals surface area contributed by atoms with E-state index in [2.05, 4.69) is 0 Å². The van der Waals surface area contributed by atoms with Crippen molar-refractivity contribution in [1.29, 1.82) is 0 Å².